The van der Waals surface area contributed by atoms with E-state index in [0.717, 1.165) is 34.6 Å². The highest BCUT2D eigenvalue weighted by atomic mass is 79.9. The van der Waals surface area contributed by atoms with Crippen molar-refractivity contribution in [3.05, 3.63) is 33.3 Å². The SMILES string of the molecule is CC1SCCN(CCC(N)c2ccc(Br)cc2Cl)C1C. The van der Waals surface area contributed by atoms with Gasteiger partial charge in [-0.1, -0.05) is 40.5 Å². The van der Waals surface area contributed by atoms with Gasteiger partial charge in [0.1, 0.15) is 0 Å². The molecule has 3 atom stereocenters. The van der Waals surface area contributed by atoms with Gasteiger partial charge in [-0.2, -0.15) is 11.8 Å². The molecule has 1 aromatic carbocycles. The Bertz CT molecular complexity index is 457. The highest BCUT2D eigenvalue weighted by molar-refractivity contribution is 9.10. The van der Waals surface area contributed by atoms with E-state index in [4.69, 9.17) is 17.3 Å². The molecule has 1 aromatic rings. The van der Waals surface area contributed by atoms with Gasteiger partial charge in [-0.15, -0.1) is 0 Å². The molecule has 20 heavy (non-hydrogen) atoms. The first kappa shape index (κ1) is 16.6. The Morgan fingerprint density at radius 2 is 2.25 bits per heavy atom. The molecule has 0 bridgehead atoms. The second-order valence-electron chi connectivity index (χ2n) is 5.41. The number of benzene rings is 1. The first-order valence-electron chi connectivity index (χ1n) is 7.05. The molecule has 0 amide bonds. The third kappa shape index (κ3) is 4.14. The maximum atomic E-state index is 6.31. The predicted octanol–water partition coefficient (Wildman–Crippen LogP) is 4.32. The van der Waals surface area contributed by atoms with Gasteiger partial charge in [-0.25, -0.2) is 0 Å². The second kappa shape index (κ2) is 7.50. The Morgan fingerprint density at radius 3 is 2.95 bits per heavy atom. The highest BCUT2D eigenvalue weighted by Crippen LogP contribution is 2.29. The van der Waals surface area contributed by atoms with E-state index in [1.165, 1.54) is 5.75 Å². The molecule has 3 unspecified atom stereocenters. The summed E-state index contributed by atoms with van der Waals surface area (Å²) in [6, 6.07) is 6.58. The molecule has 0 aromatic heterocycles. The summed E-state index contributed by atoms with van der Waals surface area (Å²) in [7, 11) is 0. The number of hydrogen-bond acceptors (Lipinski definition) is 3. The lowest BCUT2D eigenvalue weighted by Crippen LogP contribution is -2.45. The average molecular weight is 378 g/mol. The fourth-order valence-corrected chi connectivity index (χ4v) is 4.55. The molecule has 1 aliphatic heterocycles. The van der Waals surface area contributed by atoms with E-state index in [0.29, 0.717) is 11.3 Å². The summed E-state index contributed by atoms with van der Waals surface area (Å²) < 4.78 is 0.994. The van der Waals surface area contributed by atoms with Gasteiger partial charge in [0, 0.05) is 45.7 Å². The molecular formula is C15H22BrClN2S. The van der Waals surface area contributed by atoms with Crippen molar-refractivity contribution in [2.75, 3.05) is 18.8 Å². The van der Waals surface area contributed by atoms with Crippen molar-refractivity contribution in [3.8, 4) is 0 Å². The smallest absolute Gasteiger partial charge is 0.0464 e. The van der Waals surface area contributed by atoms with Crippen molar-refractivity contribution in [1.29, 1.82) is 0 Å². The van der Waals surface area contributed by atoms with E-state index >= 15 is 0 Å². The molecule has 2 nitrogen and oxygen atoms in total. The molecule has 5 heteroatoms. The Balaban J connectivity index is 1.93. The lowest BCUT2D eigenvalue weighted by Gasteiger charge is -2.38. The van der Waals surface area contributed by atoms with Crippen LogP contribution in [0, 0.1) is 0 Å². The summed E-state index contributed by atoms with van der Waals surface area (Å²) >= 11 is 11.8. The van der Waals surface area contributed by atoms with Gasteiger partial charge >= 0.3 is 0 Å². The minimum absolute atomic E-state index is 0.00712. The van der Waals surface area contributed by atoms with Crippen molar-refractivity contribution >= 4 is 39.3 Å². The first-order chi connectivity index (χ1) is 9.49. The number of rotatable bonds is 4. The molecule has 2 N–H and O–H groups in total. The second-order valence-corrected chi connectivity index (χ2v) is 8.22. The monoisotopic (exact) mass is 376 g/mol. The minimum atomic E-state index is 0.00712. The van der Waals surface area contributed by atoms with Gasteiger partial charge in [-0.05, 0) is 31.0 Å². The van der Waals surface area contributed by atoms with Crippen LogP contribution in [0.15, 0.2) is 22.7 Å². The van der Waals surface area contributed by atoms with Crippen LogP contribution in [0.2, 0.25) is 5.02 Å². The van der Waals surface area contributed by atoms with Crippen molar-refractivity contribution in [1.82, 2.24) is 4.90 Å². The number of nitrogens with two attached hydrogens (primary N) is 1. The van der Waals surface area contributed by atoms with Crippen molar-refractivity contribution in [2.45, 2.75) is 37.6 Å². The number of hydrogen-bond donors (Lipinski definition) is 1. The predicted molar refractivity (Wildman–Crippen MR) is 93.7 cm³/mol. The molecule has 1 aliphatic rings. The van der Waals surface area contributed by atoms with Gasteiger partial charge in [0.25, 0.3) is 0 Å². The fraction of sp³-hybridized carbons (Fsp3) is 0.600. The van der Waals surface area contributed by atoms with E-state index in [1.54, 1.807) is 0 Å². The topological polar surface area (TPSA) is 29.3 Å². The maximum absolute atomic E-state index is 6.31. The Morgan fingerprint density at radius 1 is 1.50 bits per heavy atom. The van der Waals surface area contributed by atoms with Crippen LogP contribution in [-0.4, -0.2) is 35.0 Å². The van der Waals surface area contributed by atoms with Crippen LogP contribution in [0.4, 0.5) is 0 Å². The van der Waals surface area contributed by atoms with Gasteiger partial charge in [0.2, 0.25) is 0 Å². The average Bonchev–Trinajstić information content (AvgIpc) is 2.40. The van der Waals surface area contributed by atoms with E-state index in [9.17, 15) is 0 Å². The molecule has 1 saturated heterocycles. The van der Waals surface area contributed by atoms with Crippen LogP contribution in [0.1, 0.15) is 31.9 Å². The molecule has 0 spiro atoms. The van der Waals surface area contributed by atoms with Crippen LogP contribution in [0.25, 0.3) is 0 Å². The molecule has 2 rings (SSSR count). The van der Waals surface area contributed by atoms with Gasteiger partial charge in [0.15, 0.2) is 0 Å². The fourth-order valence-electron chi connectivity index (χ4n) is 2.57. The van der Waals surface area contributed by atoms with Crippen molar-refractivity contribution in [3.63, 3.8) is 0 Å². The quantitative estimate of drug-likeness (QED) is 0.847. The number of halogens is 2. The van der Waals surface area contributed by atoms with Gasteiger partial charge in [-0.3, -0.25) is 4.90 Å². The lowest BCUT2D eigenvalue weighted by atomic mass is 10.0. The van der Waals surface area contributed by atoms with Crippen molar-refractivity contribution in [2.24, 2.45) is 5.73 Å². The zero-order valence-corrected chi connectivity index (χ0v) is 15.1. The number of nitrogens with zero attached hydrogens (tertiary/aromatic N) is 1. The lowest BCUT2D eigenvalue weighted by molar-refractivity contribution is 0.206. The Kier molecular flexibility index (Phi) is 6.24. The molecule has 1 heterocycles. The van der Waals surface area contributed by atoms with Crippen LogP contribution >= 0.6 is 39.3 Å². The first-order valence-corrected chi connectivity index (χ1v) is 9.27. The number of thioether (sulfide) groups is 1. The maximum Gasteiger partial charge on any atom is 0.0464 e. The molecule has 112 valence electrons. The summed E-state index contributed by atoms with van der Waals surface area (Å²) in [6.45, 7) is 6.83. The normalized spacial score (nSPS) is 25.6. The minimum Gasteiger partial charge on any atom is -0.324 e. The van der Waals surface area contributed by atoms with E-state index in [1.807, 2.05) is 18.2 Å². The summed E-state index contributed by atoms with van der Waals surface area (Å²) in [5, 5.41) is 1.46. The summed E-state index contributed by atoms with van der Waals surface area (Å²) in [4.78, 5) is 2.55. The zero-order valence-electron chi connectivity index (χ0n) is 12.0. The third-order valence-electron chi connectivity index (χ3n) is 4.10. The highest BCUT2D eigenvalue weighted by Gasteiger charge is 2.25. The van der Waals surface area contributed by atoms with Crippen molar-refractivity contribution < 1.29 is 0 Å². The summed E-state index contributed by atoms with van der Waals surface area (Å²) in [6.07, 6.45) is 0.947. The Labute approximate surface area is 139 Å². The standard InChI is InChI=1S/C15H22BrClN2S/c1-10-11(2)20-8-7-19(10)6-5-15(18)13-4-3-12(16)9-14(13)17/h3-4,9-11,15H,5-8,18H2,1-2H3. The third-order valence-corrected chi connectivity index (χ3v) is 6.26. The van der Waals surface area contributed by atoms with Crippen LogP contribution in [-0.2, 0) is 0 Å². The molecule has 0 aliphatic carbocycles. The molecular weight excluding hydrogens is 356 g/mol. The molecule has 1 fully saturated rings. The van der Waals surface area contributed by atoms with Gasteiger partial charge < -0.3 is 5.73 Å². The van der Waals surface area contributed by atoms with Crippen LogP contribution in [0.3, 0.4) is 0 Å². The zero-order chi connectivity index (χ0) is 14.7. The van der Waals surface area contributed by atoms with Crippen LogP contribution < -0.4 is 5.73 Å². The van der Waals surface area contributed by atoms with Crippen LogP contribution in [0.5, 0.6) is 0 Å². The van der Waals surface area contributed by atoms with E-state index in [2.05, 4.69) is 46.4 Å². The molecule has 0 radical (unpaired) electrons. The summed E-state index contributed by atoms with van der Waals surface area (Å²) in [5.41, 5.74) is 7.36. The van der Waals surface area contributed by atoms with E-state index < -0.39 is 0 Å². The largest absolute Gasteiger partial charge is 0.324 e. The molecule has 0 saturated carbocycles. The van der Waals surface area contributed by atoms with Gasteiger partial charge in [0.05, 0.1) is 0 Å². The summed E-state index contributed by atoms with van der Waals surface area (Å²) in [5.74, 6) is 1.22. The Hall–Kier alpha value is 0.260. The van der Waals surface area contributed by atoms with E-state index in [-0.39, 0.29) is 6.04 Å².